The third-order valence-corrected chi connectivity index (χ3v) is 7.10. The SMILES string of the molecule is COC(=O)CCN1C(=S)N[C@H](c2ccccn2)[C@H]1c1cc(C)n(-c2cccc(Cl)c2Cl)c1C. The monoisotopic (exact) mass is 502 g/mol. The summed E-state index contributed by atoms with van der Waals surface area (Å²) in [6.07, 6.45) is 1.99. The number of halogens is 2. The number of carbonyl (C=O) groups is 1. The average Bonchev–Trinajstić information content (AvgIpc) is 3.29. The summed E-state index contributed by atoms with van der Waals surface area (Å²) in [6, 6.07) is 13.2. The van der Waals surface area contributed by atoms with Crippen LogP contribution in [0.3, 0.4) is 0 Å². The molecule has 1 aliphatic rings. The van der Waals surface area contributed by atoms with Crippen LogP contribution < -0.4 is 5.32 Å². The van der Waals surface area contributed by atoms with Gasteiger partial charge in [0.15, 0.2) is 5.11 Å². The number of hydrogen-bond acceptors (Lipinski definition) is 4. The third-order valence-electron chi connectivity index (χ3n) is 5.94. The number of carbonyl (C=O) groups excluding carboxylic acids is 1. The van der Waals surface area contributed by atoms with Crippen molar-refractivity contribution < 1.29 is 9.53 Å². The van der Waals surface area contributed by atoms with Gasteiger partial charge in [0, 0.05) is 24.1 Å². The van der Waals surface area contributed by atoms with Crippen LogP contribution in [0.1, 0.15) is 41.1 Å². The van der Waals surface area contributed by atoms with Crippen molar-refractivity contribution in [3.8, 4) is 5.69 Å². The summed E-state index contributed by atoms with van der Waals surface area (Å²) in [6.45, 7) is 4.51. The Morgan fingerprint density at radius 2 is 2.00 bits per heavy atom. The lowest BCUT2D eigenvalue weighted by Gasteiger charge is -2.28. The molecule has 0 amide bonds. The molecule has 2 aromatic heterocycles. The summed E-state index contributed by atoms with van der Waals surface area (Å²) in [4.78, 5) is 18.5. The van der Waals surface area contributed by atoms with Crippen molar-refractivity contribution in [2.45, 2.75) is 32.4 Å². The van der Waals surface area contributed by atoms with Gasteiger partial charge in [-0.05, 0) is 62.0 Å². The van der Waals surface area contributed by atoms with Crippen LogP contribution in [-0.2, 0) is 9.53 Å². The topological polar surface area (TPSA) is 59.4 Å². The van der Waals surface area contributed by atoms with Crippen LogP contribution in [0.2, 0.25) is 10.0 Å². The first-order chi connectivity index (χ1) is 15.8. The Morgan fingerprint density at radius 1 is 1.21 bits per heavy atom. The fourth-order valence-electron chi connectivity index (χ4n) is 4.42. The lowest BCUT2D eigenvalue weighted by molar-refractivity contribution is -0.140. The van der Waals surface area contributed by atoms with Crippen molar-refractivity contribution in [3.05, 3.63) is 81.4 Å². The highest BCUT2D eigenvalue weighted by atomic mass is 35.5. The maximum absolute atomic E-state index is 11.9. The molecule has 1 fully saturated rings. The molecule has 33 heavy (non-hydrogen) atoms. The zero-order chi connectivity index (χ0) is 23.7. The number of rotatable bonds is 6. The lowest BCUT2D eigenvalue weighted by atomic mass is 9.96. The van der Waals surface area contributed by atoms with Crippen molar-refractivity contribution >= 4 is 46.5 Å². The minimum absolute atomic E-state index is 0.171. The quantitative estimate of drug-likeness (QED) is 0.363. The van der Waals surface area contributed by atoms with Gasteiger partial charge in [-0.2, -0.15) is 0 Å². The van der Waals surface area contributed by atoms with Crippen molar-refractivity contribution in [2.75, 3.05) is 13.7 Å². The van der Waals surface area contributed by atoms with E-state index in [1.165, 1.54) is 7.11 Å². The Bertz CT molecular complexity index is 1200. The number of aromatic nitrogens is 2. The average molecular weight is 503 g/mol. The molecule has 1 aliphatic heterocycles. The van der Waals surface area contributed by atoms with Crippen LogP contribution in [0, 0.1) is 13.8 Å². The Labute approximate surface area is 208 Å². The maximum atomic E-state index is 11.9. The molecule has 0 bridgehead atoms. The minimum Gasteiger partial charge on any atom is -0.469 e. The van der Waals surface area contributed by atoms with E-state index in [1.54, 1.807) is 12.3 Å². The number of nitrogens with one attached hydrogen (secondary N) is 1. The Hall–Kier alpha value is -2.61. The number of benzene rings is 1. The zero-order valence-corrected chi connectivity index (χ0v) is 20.8. The smallest absolute Gasteiger partial charge is 0.307 e. The maximum Gasteiger partial charge on any atom is 0.307 e. The van der Waals surface area contributed by atoms with Gasteiger partial charge in [0.25, 0.3) is 0 Å². The van der Waals surface area contributed by atoms with Crippen LogP contribution in [0.5, 0.6) is 0 Å². The number of ether oxygens (including phenoxy) is 1. The Kier molecular flexibility index (Phi) is 6.93. The van der Waals surface area contributed by atoms with E-state index in [4.69, 9.17) is 40.2 Å². The third kappa shape index (κ3) is 4.45. The molecule has 0 unspecified atom stereocenters. The second-order valence-corrected chi connectivity index (χ2v) is 9.05. The summed E-state index contributed by atoms with van der Waals surface area (Å²) >= 11 is 18.5. The van der Waals surface area contributed by atoms with Crippen molar-refractivity contribution in [2.24, 2.45) is 0 Å². The van der Waals surface area contributed by atoms with Crippen LogP contribution >= 0.6 is 35.4 Å². The van der Waals surface area contributed by atoms with Gasteiger partial charge in [0.2, 0.25) is 0 Å². The molecule has 3 heterocycles. The molecule has 3 aromatic rings. The molecule has 1 aromatic carbocycles. The van der Waals surface area contributed by atoms with Crippen LogP contribution in [-0.4, -0.2) is 39.2 Å². The Morgan fingerprint density at radius 3 is 2.70 bits per heavy atom. The fraction of sp³-hybridized carbons (Fsp3) is 0.292. The van der Waals surface area contributed by atoms with Crippen LogP contribution in [0.15, 0.2) is 48.7 Å². The molecule has 0 spiro atoms. The predicted molar refractivity (Wildman–Crippen MR) is 134 cm³/mol. The number of thiocarbonyl (C=S) groups is 1. The number of methoxy groups -OCH3 is 1. The molecule has 1 saturated heterocycles. The second kappa shape index (κ2) is 9.71. The van der Waals surface area contributed by atoms with Gasteiger partial charge in [0.1, 0.15) is 0 Å². The molecule has 0 saturated carbocycles. The lowest BCUT2D eigenvalue weighted by Crippen LogP contribution is -2.32. The van der Waals surface area contributed by atoms with E-state index >= 15 is 0 Å². The van der Waals surface area contributed by atoms with E-state index < -0.39 is 0 Å². The molecular formula is C24H24Cl2N4O2S. The highest BCUT2D eigenvalue weighted by Crippen LogP contribution is 2.42. The standard InChI is InChI=1S/C24H24Cl2N4O2S/c1-14-13-16(15(2)30(14)19-9-6-7-17(25)21(19)26)23-22(18-8-4-5-11-27-18)28-24(33)29(23)12-10-20(31)32-3/h4-9,11,13,22-23H,10,12H2,1-3H3,(H,28,33)/t22-,23-/m1/s1. The number of hydrogen-bond donors (Lipinski definition) is 1. The van der Waals surface area contributed by atoms with Crippen LogP contribution in [0.4, 0.5) is 0 Å². The highest BCUT2D eigenvalue weighted by Gasteiger charge is 2.41. The first-order valence-electron chi connectivity index (χ1n) is 10.5. The molecule has 9 heteroatoms. The van der Waals surface area contributed by atoms with Gasteiger partial charge < -0.3 is 19.5 Å². The fourth-order valence-corrected chi connectivity index (χ4v) is 5.13. The number of aryl methyl sites for hydroxylation is 1. The number of esters is 1. The summed E-state index contributed by atoms with van der Waals surface area (Å²) in [7, 11) is 1.39. The van der Waals surface area contributed by atoms with E-state index in [0.29, 0.717) is 21.7 Å². The van der Waals surface area contributed by atoms with Gasteiger partial charge in [-0.25, -0.2) is 0 Å². The van der Waals surface area contributed by atoms with Crippen molar-refractivity contribution in [1.82, 2.24) is 19.8 Å². The summed E-state index contributed by atoms with van der Waals surface area (Å²) < 4.78 is 6.95. The van der Waals surface area contributed by atoms with E-state index in [0.717, 1.165) is 28.3 Å². The largest absolute Gasteiger partial charge is 0.469 e. The Balaban J connectivity index is 1.82. The summed E-state index contributed by atoms with van der Waals surface area (Å²) in [5, 5.41) is 4.98. The minimum atomic E-state index is -0.283. The van der Waals surface area contributed by atoms with E-state index in [9.17, 15) is 4.79 Å². The number of nitrogens with zero attached hydrogens (tertiary/aromatic N) is 3. The second-order valence-electron chi connectivity index (χ2n) is 7.88. The van der Waals surface area contributed by atoms with E-state index in [2.05, 4.69) is 27.9 Å². The molecule has 4 rings (SSSR count). The molecule has 0 aliphatic carbocycles. The number of pyridine rings is 1. The molecule has 0 radical (unpaired) electrons. The normalized spacial score (nSPS) is 17.8. The zero-order valence-electron chi connectivity index (χ0n) is 18.5. The van der Waals surface area contributed by atoms with Gasteiger partial charge >= 0.3 is 5.97 Å². The predicted octanol–water partition coefficient (Wildman–Crippen LogP) is 5.33. The summed E-state index contributed by atoms with van der Waals surface area (Å²) in [5.41, 5.74) is 4.77. The van der Waals surface area contributed by atoms with Crippen LogP contribution in [0.25, 0.3) is 5.69 Å². The van der Waals surface area contributed by atoms with Gasteiger partial charge in [-0.3, -0.25) is 9.78 Å². The van der Waals surface area contributed by atoms with E-state index in [-0.39, 0.29) is 24.5 Å². The molecule has 1 N–H and O–H groups in total. The van der Waals surface area contributed by atoms with Crippen molar-refractivity contribution in [1.29, 1.82) is 0 Å². The van der Waals surface area contributed by atoms with E-state index in [1.807, 2.05) is 42.2 Å². The molecule has 2 atom stereocenters. The molecular weight excluding hydrogens is 479 g/mol. The highest BCUT2D eigenvalue weighted by molar-refractivity contribution is 7.80. The first-order valence-corrected chi connectivity index (χ1v) is 11.7. The molecule has 6 nitrogen and oxygen atoms in total. The van der Waals surface area contributed by atoms with Gasteiger partial charge in [0.05, 0.1) is 47.0 Å². The van der Waals surface area contributed by atoms with Crippen molar-refractivity contribution in [3.63, 3.8) is 0 Å². The summed E-state index contributed by atoms with van der Waals surface area (Å²) in [5.74, 6) is -0.283. The van der Waals surface area contributed by atoms with Gasteiger partial charge in [-0.15, -0.1) is 0 Å². The van der Waals surface area contributed by atoms with Gasteiger partial charge in [-0.1, -0.05) is 35.3 Å². The first kappa shape index (κ1) is 23.5. The molecule has 172 valence electrons.